The van der Waals surface area contributed by atoms with Gasteiger partial charge in [0.05, 0.1) is 25.2 Å². The van der Waals surface area contributed by atoms with Crippen molar-refractivity contribution in [3.63, 3.8) is 0 Å². The summed E-state index contributed by atoms with van der Waals surface area (Å²) in [6, 6.07) is -0.699. The molecule has 0 radical (unpaired) electrons. The second-order valence-corrected chi connectivity index (χ2v) is 19.0. The van der Waals surface area contributed by atoms with Gasteiger partial charge in [0.2, 0.25) is 5.91 Å². The van der Waals surface area contributed by atoms with E-state index in [2.05, 4.69) is 50.4 Å². The van der Waals surface area contributed by atoms with Crippen molar-refractivity contribution in [2.45, 2.75) is 315 Å². The minimum atomic E-state index is -0.786. The summed E-state index contributed by atoms with van der Waals surface area (Å²) in [5, 5.41) is 23.8. The number of carbonyl (C=O) groups excluding carboxylic acids is 2. The third-order valence-corrected chi connectivity index (χ3v) is 12.8. The van der Waals surface area contributed by atoms with Crippen LogP contribution in [0.5, 0.6) is 0 Å². The monoisotopic (exact) mass is 874 g/mol. The van der Waals surface area contributed by atoms with Gasteiger partial charge in [-0.05, 0) is 77.0 Å². The van der Waals surface area contributed by atoms with Crippen LogP contribution in [0.2, 0.25) is 0 Å². The summed E-state index contributed by atoms with van der Waals surface area (Å²) in [4.78, 5) is 26.2. The Balaban J connectivity index is 4.56. The summed E-state index contributed by atoms with van der Waals surface area (Å²) < 4.78 is 5.95. The molecule has 6 nitrogen and oxygen atoms in total. The standard InChI is InChI=1S/C56H107NO5/c1-4-7-10-13-16-19-22-24-26-27-29-30-33-35-38-41-44-47-52(62-56(61)49-46-43-40-37-34-31-28-25-23-20-17-14-11-8-5-2)50-55(60)57-53(51-58)54(59)48-45-42-39-36-32-21-18-15-12-9-6-3/h20,23-24,26,52-54,58-59H,4-19,21-22,25,27-51H2,1-3H3,(H,57,60)/b23-20-,26-24+. The Hall–Kier alpha value is -1.66. The number of rotatable bonds is 50. The zero-order chi connectivity index (χ0) is 45.2. The molecule has 0 aromatic carbocycles. The topological polar surface area (TPSA) is 95.9 Å². The maximum absolute atomic E-state index is 13.2. The van der Waals surface area contributed by atoms with Crippen molar-refractivity contribution in [3.8, 4) is 0 Å². The van der Waals surface area contributed by atoms with E-state index < -0.39 is 18.2 Å². The van der Waals surface area contributed by atoms with Crippen LogP contribution >= 0.6 is 0 Å². The van der Waals surface area contributed by atoms with Crippen molar-refractivity contribution in [3.05, 3.63) is 24.3 Å². The van der Waals surface area contributed by atoms with Crippen molar-refractivity contribution < 1.29 is 24.5 Å². The number of carbonyl (C=O) groups is 2. The number of allylic oxidation sites excluding steroid dienone is 4. The van der Waals surface area contributed by atoms with Crippen LogP contribution in [0.25, 0.3) is 0 Å². The molecule has 0 aromatic heterocycles. The van der Waals surface area contributed by atoms with Crippen LogP contribution < -0.4 is 5.32 Å². The Labute approximate surface area is 386 Å². The fraction of sp³-hybridized carbons (Fsp3) is 0.893. The normalized spacial score (nSPS) is 13.3. The van der Waals surface area contributed by atoms with Crippen molar-refractivity contribution >= 4 is 11.9 Å². The molecule has 3 N–H and O–H groups in total. The lowest BCUT2D eigenvalue weighted by molar-refractivity contribution is -0.151. The molecule has 62 heavy (non-hydrogen) atoms. The van der Waals surface area contributed by atoms with E-state index in [-0.39, 0.29) is 24.9 Å². The Morgan fingerprint density at radius 1 is 0.452 bits per heavy atom. The fourth-order valence-corrected chi connectivity index (χ4v) is 8.54. The van der Waals surface area contributed by atoms with Crippen LogP contribution in [0.3, 0.4) is 0 Å². The maximum Gasteiger partial charge on any atom is 0.306 e. The van der Waals surface area contributed by atoms with Gasteiger partial charge in [-0.3, -0.25) is 9.59 Å². The van der Waals surface area contributed by atoms with Gasteiger partial charge in [0.15, 0.2) is 0 Å². The molecule has 0 saturated heterocycles. The summed E-state index contributed by atoms with van der Waals surface area (Å²) >= 11 is 0. The first-order valence-electron chi connectivity index (χ1n) is 27.6. The first-order chi connectivity index (χ1) is 30.5. The lowest BCUT2D eigenvalue weighted by atomic mass is 10.0. The number of aliphatic hydroxyl groups excluding tert-OH is 2. The highest BCUT2D eigenvalue weighted by Gasteiger charge is 2.24. The smallest absolute Gasteiger partial charge is 0.306 e. The maximum atomic E-state index is 13.2. The van der Waals surface area contributed by atoms with E-state index in [1.807, 2.05) is 0 Å². The lowest BCUT2D eigenvalue weighted by Crippen LogP contribution is -2.46. The van der Waals surface area contributed by atoms with Gasteiger partial charge in [-0.15, -0.1) is 0 Å². The van der Waals surface area contributed by atoms with E-state index in [9.17, 15) is 19.8 Å². The molecule has 0 heterocycles. The van der Waals surface area contributed by atoms with Gasteiger partial charge in [-0.25, -0.2) is 0 Å². The molecule has 0 bridgehead atoms. The average Bonchev–Trinajstić information content (AvgIpc) is 3.26. The van der Waals surface area contributed by atoms with Gasteiger partial charge in [0.25, 0.3) is 0 Å². The summed E-state index contributed by atoms with van der Waals surface area (Å²) in [7, 11) is 0. The van der Waals surface area contributed by atoms with E-state index in [0.717, 1.165) is 51.4 Å². The van der Waals surface area contributed by atoms with Crippen LogP contribution in [-0.4, -0.2) is 46.9 Å². The second-order valence-electron chi connectivity index (χ2n) is 19.0. The molecule has 0 aliphatic carbocycles. The predicted octanol–water partition coefficient (Wildman–Crippen LogP) is 16.7. The Kier molecular flexibility index (Phi) is 49.0. The van der Waals surface area contributed by atoms with Crippen LogP contribution in [0.1, 0.15) is 297 Å². The number of aliphatic hydroxyl groups is 2. The molecule has 3 unspecified atom stereocenters. The van der Waals surface area contributed by atoms with Crippen molar-refractivity contribution in [2.24, 2.45) is 0 Å². The van der Waals surface area contributed by atoms with E-state index in [0.29, 0.717) is 19.3 Å². The molecule has 0 aromatic rings. The predicted molar refractivity (Wildman–Crippen MR) is 269 cm³/mol. The number of esters is 1. The van der Waals surface area contributed by atoms with Crippen molar-refractivity contribution in [2.75, 3.05) is 6.61 Å². The molecule has 0 spiro atoms. The van der Waals surface area contributed by atoms with E-state index in [4.69, 9.17) is 4.74 Å². The summed E-state index contributed by atoms with van der Waals surface area (Å²) in [6.07, 6.45) is 58.1. The summed E-state index contributed by atoms with van der Waals surface area (Å²) in [5.74, 6) is -0.469. The quantitative estimate of drug-likeness (QED) is 0.0321. The lowest BCUT2D eigenvalue weighted by Gasteiger charge is -2.24. The number of amides is 1. The molecule has 0 fully saturated rings. The van der Waals surface area contributed by atoms with Gasteiger partial charge in [0.1, 0.15) is 6.10 Å². The number of ether oxygens (including phenoxy) is 1. The van der Waals surface area contributed by atoms with Gasteiger partial charge in [0, 0.05) is 6.42 Å². The fourth-order valence-electron chi connectivity index (χ4n) is 8.54. The third-order valence-electron chi connectivity index (χ3n) is 12.8. The van der Waals surface area contributed by atoms with Crippen LogP contribution in [0.15, 0.2) is 24.3 Å². The minimum Gasteiger partial charge on any atom is -0.462 e. The molecular formula is C56H107NO5. The van der Waals surface area contributed by atoms with Gasteiger partial charge >= 0.3 is 5.97 Å². The minimum absolute atomic E-state index is 0.0772. The van der Waals surface area contributed by atoms with Gasteiger partial charge in [-0.2, -0.15) is 0 Å². The zero-order valence-electron chi connectivity index (χ0n) is 41.8. The molecule has 0 aliphatic heterocycles. The molecule has 3 atom stereocenters. The van der Waals surface area contributed by atoms with Crippen molar-refractivity contribution in [1.82, 2.24) is 5.32 Å². The van der Waals surface area contributed by atoms with Crippen molar-refractivity contribution in [1.29, 1.82) is 0 Å². The Morgan fingerprint density at radius 3 is 1.16 bits per heavy atom. The van der Waals surface area contributed by atoms with Crippen LogP contribution in [0.4, 0.5) is 0 Å². The van der Waals surface area contributed by atoms with Crippen LogP contribution in [0, 0.1) is 0 Å². The highest BCUT2D eigenvalue weighted by molar-refractivity contribution is 5.77. The van der Waals surface area contributed by atoms with E-state index in [1.54, 1.807) is 0 Å². The zero-order valence-corrected chi connectivity index (χ0v) is 41.8. The van der Waals surface area contributed by atoms with Crippen LogP contribution in [-0.2, 0) is 14.3 Å². The van der Waals surface area contributed by atoms with Gasteiger partial charge in [-0.1, -0.05) is 231 Å². The largest absolute Gasteiger partial charge is 0.462 e. The van der Waals surface area contributed by atoms with Gasteiger partial charge < -0.3 is 20.3 Å². The Morgan fingerprint density at radius 2 is 0.774 bits per heavy atom. The first kappa shape index (κ1) is 60.3. The first-order valence-corrected chi connectivity index (χ1v) is 27.6. The number of hydrogen-bond acceptors (Lipinski definition) is 5. The molecule has 366 valence electrons. The molecule has 0 rings (SSSR count). The van der Waals surface area contributed by atoms with E-state index >= 15 is 0 Å². The highest BCUT2D eigenvalue weighted by Crippen LogP contribution is 2.18. The number of unbranched alkanes of at least 4 members (excludes halogenated alkanes) is 34. The molecule has 1 amide bonds. The molecule has 0 aliphatic rings. The Bertz CT molecular complexity index is 981. The van der Waals surface area contributed by atoms with E-state index in [1.165, 1.54) is 199 Å². The molecule has 0 saturated carbocycles. The number of hydrogen-bond donors (Lipinski definition) is 3. The molecule has 6 heteroatoms. The summed E-state index contributed by atoms with van der Waals surface area (Å²) in [5.41, 5.74) is 0. The number of nitrogens with one attached hydrogen (secondary N) is 1. The SMILES string of the molecule is CCCCCC/C=C\CCCCCCCCCC(=O)OC(CCCCCCCCC/C=C/CCCCCCCC)CC(=O)NC(CO)C(O)CCCCCCCCCCCCC. The summed E-state index contributed by atoms with van der Waals surface area (Å²) in [6.45, 7) is 6.48. The second kappa shape index (κ2) is 50.3. The average molecular weight is 874 g/mol. The third kappa shape index (κ3) is 44.9. The molecular weight excluding hydrogens is 767 g/mol. The highest BCUT2D eigenvalue weighted by atomic mass is 16.5.